The van der Waals surface area contributed by atoms with Crippen LogP contribution in [0.3, 0.4) is 0 Å². The van der Waals surface area contributed by atoms with Crippen molar-refractivity contribution in [2.24, 2.45) is 0 Å². The van der Waals surface area contributed by atoms with Crippen LogP contribution in [0.4, 0.5) is 0 Å². The van der Waals surface area contributed by atoms with Crippen molar-refractivity contribution in [1.82, 2.24) is 0 Å². The molecule has 2 aromatic rings. The van der Waals surface area contributed by atoms with E-state index in [0.717, 1.165) is 13.0 Å². The molecule has 2 fully saturated rings. The van der Waals surface area contributed by atoms with Crippen LogP contribution in [0.15, 0.2) is 42.5 Å². The van der Waals surface area contributed by atoms with Crippen LogP contribution in [-0.2, 0) is 44.4 Å². The molecule has 0 aromatic heterocycles. The Balaban J connectivity index is 1.62. The highest BCUT2D eigenvalue weighted by Gasteiger charge is 2.54. The van der Waals surface area contributed by atoms with Crippen LogP contribution in [0.5, 0.6) is 23.0 Å². The monoisotopic (exact) mass is 666 g/mol. The van der Waals surface area contributed by atoms with Crippen molar-refractivity contribution in [2.45, 2.75) is 81.7 Å². The van der Waals surface area contributed by atoms with Gasteiger partial charge in [-0.25, -0.2) is 4.79 Å². The number of carbonyl (C=O) groups is 2. The smallest absolute Gasteiger partial charge is 0.331 e. The molecule has 0 radical (unpaired) electrons. The van der Waals surface area contributed by atoms with Crippen molar-refractivity contribution in [3.05, 3.63) is 53.6 Å². The first-order chi connectivity index (χ1) is 22.3. The molecule has 10 atom stereocenters. The summed E-state index contributed by atoms with van der Waals surface area (Å²) in [4.78, 5) is 25.3. The maximum Gasteiger partial charge on any atom is 0.331 e. The van der Waals surface area contributed by atoms with Crippen LogP contribution in [-0.4, -0.2) is 127 Å². The van der Waals surface area contributed by atoms with Gasteiger partial charge in [-0.2, -0.15) is 0 Å². The molecule has 4 rings (SSSR count). The van der Waals surface area contributed by atoms with E-state index >= 15 is 0 Å². The van der Waals surface area contributed by atoms with Gasteiger partial charge in [0.05, 0.1) is 19.3 Å². The van der Waals surface area contributed by atoms with Gasteiger partial charge in [0.1, 0.15) is 30.5 Å². The molecule has 16 nitrogen and oxygen atoms in total. The Kier molecular flexibility index (Phi) is 12.0. The molecule has 258 valence electrons. The second kappa shape index (κ2) is 15.7. The summed E-state index contributed by atoms with van der Waals surface area (Å²) in [5.74, 6) is -3.38. The minimum atomic E-state index is -1.82. The second-order valence-corrected chi connectivity index (χ2v) is 11.0. The summed E-state index contributed by atoms with van der Waals surface area (Å²) in [6.07, 6.45) is -13.0. The van der Waals surface area contributed by atoms with Crippen LogP contribution in [0.1, 0.15) is 25.0 Å². The van der Waals surface area contributed by atoms with E-state index in [1.165, 1.54) is 49.4 Å². The Morgan fingerprint density at radius 3 is 2.28 bits per heavy atom. The Labute approximate surface area is 268 Å². The van der Waals surface area contributed by atoms with Gasteiger partial charge in [-0.3, -0.25) is 4.79 Å². The van der Waals surface area contributed by atoms with Crippen molar-refractivity contribution in [3.8, 4) is 23.0 Å². The minimum absolute atomic E-state index is 0.0459. The zero-order chi connectivity index (χ0) is 34.4. The summed E-state index contributed by atoms with van der Waals surface area (Å²) in [7, 11) is 0. The fourth-order valence-corrected chi connectivity index (χ4v) is 5.10. The van der Waals surface area contributed by atoms with Gasteiger partial charge in [0.2, 0.25) is 0 Å². The Bertz CT molecular complexity index is 1410. The molecule has 0 aliphatic carbocycles. The molecule has 2 aliphatic heterocycles. The number of hydrogen-bond acceptors (Lipinski definition) is 16. The largest absolute Gasteiger partial charge is 0.504 e. The number of para-hydroxylation sites is 1. The molecule has 16 heteroatoms. The van der Waals surface area contributed by atoms with Crippen molar-refractivity contribution in [3.63, 3.8) is 0 Å². The fraction of sp³-hybridized carbons (Fsp3) is 0.484. The average Bonchev–Trinajstić information content (AvgIpc) is 3.03. The summed E-state index contributed by atoms with van der Waals surface area (Å²) in [6, 6.07) is 8.13. The van der Waals surface area contributed by atoms with Crippen LogP contribution < -0.4 is 0 Å². The highest BCUT2D eigenvalue weighted by atomic mass is 16.8. The SMILES string of the molecule is CC(=O)OC1C(OCCc2cccc(O)c2O)OC(CO)C(OC(=O)C=Cc2ccc(O)c(O)c2)C1OC1OC(C)C(O)C(O)C1O. The van der Waals surface area contributed by atoms with Crippen LogP contribution in [0.2, 0.25) is 0 Å². The van der Waals surface area contributed by atoms with Gasteiger partial charge >= 0.3 is 11.9 Å². The third-order valence-corrected chi connectivity index (χ3v) is 7.59. The standard InChI is InChI=1S/C31H38O16/c1-14-23(38)25(40)26(41)30(43-14)47-28-27(46-22(37)9-7-16-6-8-18(34)20(36)12-16)21(13-32)45-31(29(28)44-15(2)33)42-11-10-17-4-3-5-19(35)24(17)39/h3-9,12,14,21,23,25-32,34-36,38-41H,10-11,13H2,1-2H3. The van der Waals surface area contributed by atoms with Gasteiger partial charge in [0, 0.05) is 18.6 Å². The highest BCUT2D eigenvalue weighted by molar-refractivity contribution is 5.87. The van der Waals surface area contributed by atoms with Crippen molar-refractivity contribution in [2.75, 3.05) is 13.2 Å². The molecule has 8 N–H and O–H groups in total. The molecule has 2 aromatic carbocycles. The molecule has 10 unspecified atom stereocenters. The third kappa shape index (κ3) is 8.68. The maximum absolute atomic E-state index is 13.0. The van der Waals surface area contributed by atoms with E-state index in [0.29, 0.717) is 11.1 Å². The van der Waals surface area contributed by atoms with Crippen molar-refractivity contribution >= 4 is 18.0 Å². The zero-order valence-electron chi connectivity index (χ0n) is 25.4. The van der Waals surface area contributed by atoms with Gasteiger partial charge in [0.15, 0.2) is 47.8 Å². The molecule has 2 saturated heterocycles. The molecule has 47 heavy (non-hydrogen) atoms. The lowest BCUT2D eigenvalue weighted by molar-refractivity contribution is -0.358. The number of aliphatic hydroxyl groups is 4. The second-order valence-electron chi connectivity index (χ2n) is 11.0. The lowest BCUT2D eigenvalue weighted by Crippen LogP contribution is -2.65. The van der Waals surface area contributed by atoms with Gasteiger partial charge in [-0.1, -0.05) is 18.2 Å². The first-order valence-electron chi connectivity index (χ1n) is 14.6. The lowest BCUT2D eigenvalue weighted by atomic mass is 9.96. The van der Waals surface area contributed by atoms with E-state index < -0.39 is 85.7 Å². The number of esters is 2. The quantitative estimate of drug-likeness (QED) is 0.0859. The Morgan fingerprint density at radius 1 is 0.851 bits per heavy atom. The molecular formula is C31H38O16. The molecule has 2 heterocycles. The first-order valence-corrected chi connectivity index (χ1v) is 14.6. The van der Waals surface area contributed by atoms with E-state index in [4.69, 9.17) is 28.4 Å². The zero-order valence-corrected chi connectivity index (χ0v) is 25.4. The predicted octanol–water partition coefficient (Wildman–Crippen LogP) is -0.445. The average molecular weight is 667 g/mol. The van der Waals surface area contributed by atoms with E-state index in [-0.39, 0.29) is 30.3 Å². The number of phenols is 4. The number of ether oxygens (including phenoxy) is 6. The number of aliphatic hydroxyl groups excluding tert-OH is 4. The summed E-state index contributed by atoms with van der Waals surface area (Å²) >= 11 is 0. The number of carbonyl (C=O) groups excluding carboxylic acids is 2. The molecule has 0 amide bonds. The summed E-state index contributed by atoms with van der Waals surface area (Å²) < 4.78 is 34.3. The summed E-state index contributed by atoms with van der Waals surface area (Å²) in [5.41, 5.74) is 0.630. The number of phenolic OH excluding ortho intramolecular Hbond substituents is 4. The van der Waals surface area contributed by atoms with E-state index in [2.05, 4.69) is 0 Å². The van der Waals surface area contributed by atoms with Crippen LogP contribution in [0.25, 0.3) is 6.08 Å². The van der Waals surface area contributed by atoms with Gasteiger partial charge in [-0.15, -0.1) is 0 Å². The number of benzene rings is 2. The first kappa shape index (κ1) is 35.8. The highest BCUT2D eigenvalue weighted by Crippen LogP contribution is 2.34. The van der Waals surface area contributed by atoms with E-state index in [9.17, 15) is 50.4 Å². The summed E-state index contributed by atoms with van der Waals surface area (Å²) in [5, 5.41) is 80.7. The topological polar surface area (TPSA) is 251 Å². The van der Waals surface area contributed by atoms with Crippen LogP contribution >= 0.6 is 0 Å². The van der Waals surface area contributed by atoms with E-state index in [1.807, 2.05) is 0 Å². The number of hydrogen-bond donors (Lipinski definition) is 8. The van der Waals surface area contributed by atoms with Gasteiger partial charge in [-0.05, 0) is 43.2 Å². The fourth-order valence-electron chi connectivity index (χ4n) is 5.10. The maximum atomic E-state index is 13.0. The normalized spacial score (nSPS) is 31.0. The number of rotatable bonds is 11. The molecular weight excluding hydrogens is 628 g/mol. The van der Waals surface area contributed by atoms with E-state index in [1.54, 1.807) is 0 Å². The minimum Gasteiger partial charge on any atom is -0.504 e. The Hall–Kier alpha value is -4.00. The Morgan fingerprint density at radius 2 is 1.60 bits per heavy atom. The molecule has 0 saturated carbocycles. The molecule has 0 spiro atoms. The van der Waals surface area contributed by atoms with Gasteiger partial charge in [0.25, 0.3) is 0 Å². The van der Waals surface area contributed by atoms with Crippen LogP contribution in [0, 0.1) is 0 Å². The van der Waals surface area contributed by atoms with Crippen molar-refractivity contribution < 1.29 is 78.9 Å². The van der Waals surface area contributed by atoms with Crippen molar-refractivity contribution in [1.29, 1.82) is 0 Å². The number of aromatic hydroxyl groups is 4. The predicted molar refractivity (Wildman–Crippen MR) is 157 cm³/mol. The molecule has 0 bridgehead atoms. The molecule has 2 aliphatic rings. The summed E-state index contributed by atoms with van der Waals surface area (Å²) in [6.45, 7) is 1.52. The third-order valence-electron chi connectivity index (χ3n) is 7.59. The van der Waals surface area contributed by atoms with Gasteiger partial charge < -0.3 is 69.3 Å². The lowest BCUT2D eigenvalue weighted by Gasteiger charge is -2.47.